The Bertz CT molecular complexity index is 470. The van der Waals surface area contributed by atoms with Crippen LogP contribution in [0.4, 0.5) is 0 Å². The Morgan fingerprint density at radius 1 is 1.42 bits per heavy atom. The average Bonchev–Trinajstić information content (AvgIpc) is 2.34. The summed E-state index contributed by atoms with van der Waals surface area (Å²) in [5, 5.41) is 8.91. The number of carbonyl (C=O) groups is 1. The van der Waals surface area contributed by atoms with Gasteiger partial charge in [-0.05, 0) is 20.9 Å². The molecule has 1 N–H and O–H groups in total. The molecule has 1 aliphatic heterocycles. The van der Waals surface area contributed by atoms with Gasteiger partial charge in [-0.15, -0.1) is 0 Å². The Labute approximate surface area is 117 Å². The van der Waals surface area contributed by atoms with Crippen LogP contribution in [0, 0.1) is 13.8 Å². The highest BCUT2D eigenvalue weighted by molar-refractivity contribution is 7.99. The Hall–Kier alpha value is -1.14. The van der Waals surface area contributed by atoms with Crippen LogP contribution in [0.25, 0.3) is 0 Å². The normalized spacial score (nSPS) is 20.5. The van der Waals surface area contributed by atoms with Crippen LogP contribution in [0.3, 0.4) is 0 Å². The van der Waals surface area contributed by atoms with Gasteiger partial charge in [-0.25, -0.2) is 9.97 Å². The lowest BCUT2D eigenvalue weighted by Gasteiger charge is -2.31. The summed E-state index contributed by atoms with van der Waals surface area (Å²) in [6.45, 7) is 4.77. The molecule has 1 fully saturated rings. The molecule has 1 unspecified atom stereocenters. The van der Waals surface area contributed by atoms with Crippen LogP contribution in [0.2, 0.25) is 0 Å². The van der Waals surface area contributed by atoms with E-state index in [0.29, 0.717) is 0 Å². The number of rotatable bonds is 3. The fourth-order valence-corrected chi connectivity index (χ4v) is 3.49. The molecule has 104 valence electrons. The van der Waals surface area contributed by atoms with E-state index < -0.39 is 5.97 Å². The van der Waals surface area contributed by atoms with Crippen molar-refractivity contribution in [1.82, 2.24) is 14.9 Å². The number of hydrogen-bond acceptors (Lipinski definition) is 5. The molecular weight excluding hydrogens is 262 g/mol. The standard InChI is InChI=1S/C13H19N3O2S/c1-8-10(6-12(17)18)9(2)15-13(14-8)11-7-19-5-4-16(11)3/h11H,4-7H2,1-3H3,(H,17,18). The zero-order chi connectivity index (χ0) is 14.0. The monoisotopic (exact) mass is 281 g/mol. The highest BCUT2D eigenvalue weighted by Crippen LogP contribution is 2.27. The van der Waals surface area contributed by atoms with Crippen LogP contribution < -0.4 is 0 Å². The summed E-state index contributed by atoms with van der Waals surface area (Å²) in [4.78, 5) is 22.2. The maximum atomic E-state index is 10.8. The number of nitrogens with zero attached hydrogens (tertiary/aromatic N) is 3. The van der Waals surface area contributed by atoms with Crippen molar-refractivity contribution >= 4 is 17.7 Å². The molecule has 0 amide bonds. The van der Waals surface area contributed by atoms with E-state index in [9.17, 15) is 4.79 Å². The molecule has 1 aromatic rings. The molecule has 2 rings (SSSR count). The van der Waals surface area contributed by atoms with Gasteiger partial charge in [0, 0.05) is 35.0 Å². The number of carboxylic acids is 1. The molecule has 5 nitrogen and oxygen atoms in total. The average molecular weight is 281 g/mol. The van der Waals surface area contributed by atoms with E-state index in [1.807, 2.05) is 25.6 Å². The first-order valence-electron chi connectivity index (χ1n) is 6.33. The fraction of sp³-hybridized carbons (Fsp3) is 0.615. The molecule has 0 aromatic carbocycles. The molecule has 6 heteroatoms. The third kappa shape index (κ3) is 3.25. The van der Waals surface area contributed by atoms with Crippen molar-refractivity contribution in [2.24, 2.45) is 0 Å². The highest BCUT2D eigenvalue weighted by Gasteiger charge is 2.25. The Balaban J connectivity index is 2.30. The summed E-state index contributed by atoms with van der Waals surface area (Å²) >= 11 is 1.91. The fourth-order valence-electron chi connectivity index (χ4n) is 2.28. The molecule has 0 bridgehead atoms. The molecule has 1 saturated heterocycles. The second kappa shape index (κ2) is 5.88. The van der Waals surface area contributed by atoms with Crippen LogP contribution in [-0.2, 0) is 11.2 Å². The van der Waals surface area contributed by atoms with E-state index in [1.54, 1.807) is 0 Å². The number of aliphatic carboxylic acids is 1. The Morgan fingerprint density at radius 2 is 2.05 bits per heavy atom. The summed E-state index contributed by atoms with van der Waals surface area (Å²) in [6.07, 6.45) is -0.00674. The summed E-state index contributed by atoms with van der Waals surface area (Å²) in [7, 11) is 2.09. The van der Waals surface area contributed by atoms with Gasteiger partial charge in [0.05, 0.1) is 12.5 Å². The zero-order valence-corrected chi connectivity index (χ0v) is 12.3. The minimum atomic E-state index is -0.840. The Kier molecular flexibility index (Phi) is 4.42. The van der Waals surface area contributed by atoms with Crippen molar-refractivity contribution < 1.29 is 9.90 Å². The van der Waals surface area contributed by atoms with Crippen molar-refractivity contribution in [3.8, 4) is 0 Å². The topological polar surface area (TPSA) is 66.3 Å². The number of hydrogen-bond donors (Lipinski definition) is 1. The first-order valence-corrected chi connectivity index (χ1v) is 7.48. The molecule has 19 heavy (non-hydrogen) atoms. The highest BCUT2D eigenvalue weighted by atomic mass is 32.2. The van der Waals surface area contributed by atoms with Crippen LogP contribution >= 0.6 is 11.8 Å². The van der Waals surface area contributed by atoms with Gasteiger partial charge in [0.2, 0.25) is 0 Å². The molecule has 0 saturated carbocycles. The molecule has 0 aliphatic carbocycles. The number of aromatic nitrogens is 2. The van der Waals surface area contributed by atoms with Gasteiger partial charge in [0.1, 0.15) is 5.82 Å². The van der Waals surface area contributed by atoms with E-state index in [2.05, 4.69) is 21.9 Å². The summed E-state index contributed by atoms with van der Waals surface area (Å²) in [5.74, 6) is 2.11. The minimum absolute atomic E-state index is 0.00674. The van der Waals surface area contributed by atoms with E-state index in [-0.39, 0.29) is 12.5 Å². The zero-order valence-electron chi connectivity index (χ0n) is 11.5. The van der Waals surface area contributed by atoms with Crippen LogP contribution in [0.5, 0.6) is 0 Å². The maximum Gasteiger partial charge on any atom is 0.307 e. The van der Waals surface area contributed by atoms with Gasteiger partial charge in [0.25, 0.3) is 0 Å². The van der Waals surface area contributed by atoms with E-state index in [0.717, 1.165) is 40.8 Å². The van der Waals surface area contributed by atoms with Gasteiger partial charge in [-0.1, -0.05) is 0 Å². The van der Waals surface area contributed by atoms with Crippen molar-refractivity contribution in [1.29, 1.82) is 0 Å². The number of aryl methyl sites for hydroxylation is 2. The predicted molar refractivity (Wildman–Crippen MR) is 75.5 cm³/mol. The van der Waals surface area contributed by atoms with Crippen molar-refractivity contribution in [2.75, 3.05) is 25.1 Å². The van der Waals surface area contributed by atoms with Gasteiger partial charge in [-0.3, -0.25) is 9.69 Å². The minimum Gasteiger partial charge on any atom is -0.481 e. The van der Waals surface area contributed by atoms with Crippen LogP contribution in [0.1, 0.15) is 28.8 Å². The van der Waals surface area contributed by atoms with Gasteiger partial charge in [-0.2, -0.15) is 11.8 Å². The quantitative estimate of drug-likeness (QED) is 0.904. The van der Waals surface area contributed by atoms with Gasteiger partial charge < -0.3 is 5.11 Å². The molecule has 0 spiro atoms. The molecule has 2 heterocycles. The maximum absolute atomic E-state index is 10.8. The SMILES string of the molecule is Cc1nc(C2CSCCN2C)nc(C)c1CC(=O)O. The molecule has 0 radical (unpaired) electrons. The van der Waals surface area contributed by atoms with Gasteiger partial charge >= 0.3 is 5.97 Å². The number of carboxylic acid groups (broad SMARTS) is 1. The van der Waals surface area contributed by atoms with Crippen molar-refractivity contribution in [3.63, 3.8) is 0 Å². The smallest absolute Gasteiger partial charge is 0.307 e. The van der Waals surface area contributed by atoms with Crippen LogP contribution in [0.15, 0.2) is 0 Å². The van der Waals surface area contributed by atoms with E-state index in [4.69, 9.17) is 5.11 Å². The summed E-state index contributed by atoms with van der Waals surface area (Å²) in [5.41, 5.74) is 2.31. The second-order valence-electron chi connectivity index (χ2n) is 4.87. The number of thioether (sulfide) groups is 1. The third-order valence-electron chi connectivity index (χ3n) is 3.46. The van der Waals surface area contributed by atoms with Crippen LogP contribution in [-0.4, -0.2) is 51.0 Å². The largest absolute Gasteiger partial charge is 0.481 e. The second-order valence-corrected chi connectivity index (χ2v) is 6.02. The van der Waals surface area contributed by atoms with Crippen molar-refractivity contribution in [3.05, 3.63) is 22.8 Å². The lowest BCUT2D eigenvalue weighted by molar-refractivity contribution is -0.136. The summed E-state index contributed by atoms with van der Waals surface area (Å²) in [6, 6.07) is 0.232. The first-order chi connectivity index (χ1) is 8.99. The predicted octanol–water partition coefficient (Wildman–Crippen LogP) is 1.44. The van der Waals surface area contributed by atoms with Crippen molar-refractivity contribution in [2.45, 2.75) is 26.3 Å². The lowest BCUT2D eigenvalue weighted by atomic mass is 10.1. The molecule has 1 aromatic heterocycles. The third-order valence-corrected chi connectivity index (χ3v) is 4.48. The van der Waals surface area contributed by atoms with E-state index in [1.165, 1.54) is 0 Å². The van der Waals surface area contributed by atoms with E-state index >= 15 is 0 Å². The summed E-state index contributed by atoms with van der Waals surface area (Å²) < 4.78 is 0. The molecule has 1 aliphatic rings. The molecule has 1 atom stereocenters. The Morgan fingerprint density at radius 3 is 2.58 bits per heavy atom. The molecular formula is C13H19N3O2S. The lowest BCUT2D eigenvalue weighted by Crippen LogP contribution is -2.34. The first kappa shape index (κ1) is 14.3. The van der Waals surface area contributed by atoms with Gasteiger partial charge in [0.15, 0.2) is 0 Å².